The topological polar surface area (TPSA) is 76.5 Å². The van der Waals surface area contributed by atoms with Crippen LogP contribution in [0.5, 0.6) is 5.75 Å². The fourth-order valence-electron chi connectivity index (χ4n) is 5.06. The van der Waals surface area contributed by atoms with E-state index in [4.69, 9.17) is 9.72 Å². The standard InChI is InChI=1S/C32H34N4O3/c1-23-12-16-27(17-13-23)36-21-29(25-14-18-28(39-2)19-15-25)33-32(36)34-30(37)22-35(20-24-8-4-3-5-9-24)31(38)26-10-6-7-11-26/h3-5,8-9,12-19,21,26H,6-7,10-11,20,22H2,1-2H3,(H,33,34,37). The molecule has 0 atom stereocenters. The Morgan fingerprint density at radius 2 is 1.67 bits per heavy atom. The summed E-state index contributed by atoms with van der Waals surface area (Å²) in [5.74, 6) is 0.917. The van der Waals surface area contributed by atoms with E-state index >= 15 is 0 Å². The molecule has 39 heavy (non-hydrogen) atoms. The molecule has 5 rings (SSSR count). The Labute approximate surface area is 229 Å². The van der Waals surface area contributed by atoms with E-state index in [1.54, 1.807) is 12.0 Å². The number of ether oxygens (including phenoxy) is 1. The number of nitrogens with one attached hydrogen (secondary N) is 1. The number of amides is 2. The van der Waals surface area contributed by atoms with E-state index in [1.165, 1.54) is 0 Å². The summed E-state index contributed by atoms with van der Waals surface area (Å²) in [5.41, 5.74) is 4.64. The molecule has 1 aliphatic rings. The van der Waals surface area contributed by atoms with Gasteiger partial charge in [-0.3, -0.25) is 19.5 Å². The number of hydrogen-bond donors (Lipinski definition) is 1. The van der Waals surface area contributed by atoms with Crippen molar-refractivity contribution in [3.8, 4) is 22.7 Å². The Balaban J connectivity index is 1.41. The van der Waals surface area contributed by atoms with Crippen LogP contribution >= 0.6 is 0 Å². The van der Waals surface area contributed by atoms with E-state index in [0.717, 1.165) is 59.5 Å². The number of imidazole rings is 1. The molecule has 2 amide bonds. The van der Waals surface area contributed by atoms with Crippen LogP contribution in [0, 0.1) is 12.8 Å². The molecule has 7 nitrogen and oxygen atoms in total. The molecule has 1 aromatic heterocycles. The lowest BCUT2D eigenvalue weighted by Gasteiger charge is -2.25. The average molecular weight is 523 g/mol. The summed E-state index contributed by atoms with van der Waals surface area (Å²) in [5, 5.41) is 2.99. The molecular formula is C32H34N4O3. The minimum absolute atomic E-state index is 0.0160. The molecule has 1 aliphatic carbocycles. The van der Waals surface area contributed by atoms with Crippen LogP contribution in [-0.2, 0) is 16.1 Å². The first kappa shape index (κ1) is 26.2. The molecule has 7 heteroatoms. The van der Waals surface area contributed by atoms with Crippen molar-refractivity contribution >= 4 is 17.8 Å². The van der Waals surface area contributed by atoms with Gasteiger partial charge in [-0.15, -0.1) is 0 Å². The van der Waals surface area contributed by atoms with Crippen LogP contribution in [0.2, 0.25) is 0 Å². The molecule has 0 saturated heterocycles. The third kappa shape index (κ3) is 6.37. The summed E-state index contributed by atoms with van der Waals surface area (Å²) in [6.45, 7) is 2.39. The smallest absolute Gasteiger partial charge is 0.246 e. The maximum atomic E-state index is 13.4. The minimum atomic E-state index is -0.280. The summed E-state index contributed by atoms with van der Waals surface area (Å²) >= 11 is 0. The lowest BCUT2D eigenvalue weighted by molar-refractivity contribution is -0.138. The number of carbonyl (C=O) groups excluding carboxylic acids is 2. The van der Waals surface area contributed by atoms with Crippen LogP contribution in [0.3, 0.4) is 0 Å². The lowest BCUT2D eigenvalue weighted by Crippen LogP contribution is -2.40. The molecule has 1 N–H and O–H groups in total. The Morgan fingerprint density at radius 1 is 0.974 bits per heavy atom. The monoisotopic (exact) mass is 522 g/mol. The second-order valence-corrected chi connectivity index (χ2v) is 10.1. The summed E-state index contributed by atoms with van der Waals surface area (Å²) in [4.78, 5) is 33.3. The first-order valence-corrected chi connectivity index (χ1v) is 13.4. The molecule has 0 aliphatic heterocycles. The largest absolute Gasteiger partial charge is 0.497 e. The number of anilines is 1. The van der Waals surface area contributed by atoms with Crippen molar-refractivity contribution in [3.63, 3.8) is 0 Å². The zero-order chi connectivity index (χ0) is 27.2. The first-order valence-electron chi connectivity index (χ1n) is 13.4. The zero-order valence-electron chi connectivity index (χ0n) is 22.5. The minimum Gasteiger partial charge on any atom is -0.497 e. The van der Waals surface area contributed by atoms with Gasteiger partial charge in [-0.1, -0.05) is 60.9 Å². The van der Waals surface area contributed by atoms with Gasteiger partial charge < -0.3 is 9.64 Å². The van der Waals surface area contributed by atoms with Gasteiger partial charge in [-0.25, -0.2) is 4.98 Å². The number of benzene rings is 3. The average Bonchev–Trinajstić information content (AvgIpc) is 3.64. The van der Waals surface area contributed by atoms with Crippen molar-refractivity contribution in [1.82, 2.24) is 14.5 Å². The summed E-state index contributed by atoms with van der Waals surface area (Å²) in [7, 11) is 1.63. The van der Waals surface area contributed by atoms with Crippen molar-refractivity contribution < 1.29 is 14.3 Å². The predicted molar refractivity (Wildman–Crippen MR) is 153 cm³/mol. The molecule has 0 radical (unpaired) electrons. The van der Waals surface area contributed by atoms with Gasteiger partial charge in [0.2, 0.25) is 17.8 Å². The SMILES string of the molecule is COc1ccc(-c2cn(-c3ccc(C)cc3)c(NC(=O)CN(Cc3ccccc3)C(=O)C3CCCC3)n2)cc1. The molecule has 0 unspecified atom stereocenters. The van der Waals surface area contributed by atoms with E-state index in [0.29, 0.717) is 12.5 Å². The lowest BCUT2D eigenvalue weighted by atomic mass is 10.1. The van der Waals surface area contributed by atoms with E-state index in [2.05, 4.69) is 5.32 Å². The highest BCUT2D eigenvalue weighted by Gasteiger charge is 2.29. The number of aromatic nitrogens is 2. The number of aryl methyl sites for hydroxylation is 1. The van der Waals surface area contributed by atoms with Crippen LogP contribution in [0.25, 0.3) is 16.9 Å². The quantitative estimate of drug-likeness (QED) is 0.292. The molecule has 1 saturated carbocycles. The fraction of sp³-hybridized carbons (Fsp3) is 0.281. The van der Waals surface area contributed by atoms with Crippen molar-refractivity contribution in [2.45, 2.75) is 39.2 Å². The number of carbonyl (C=O) groups is 2. The number of hydrogen-bond acceptors (Lipinski definition) is 4. The highest BCUT2D eigenvalue weighted by atomic mass is 16.5. The van der Waals surface area contributed by atoms with Gasteiger partial charge in [0.25, 0.3) is 0 Å². The predicted octanol–water partition coefficient (Wildman–Crippen LogP) is 6.01. The normalized spacial score (nSPS) is 13.3. The number of rotatable bonds is 9. The van der Waals surface area contributed by atoms with E-state index in [-0.39, 0.29) is 24.3 Å². The van der Waals surface area contributed by atoms with Crippen LogP contribution in [0.1, 0.15) is 36.8 Å². The zero-order valence-corrected chi connectivity index (χ0v) is 22.5. The highest BCUT2D eigenvalue weighted by Crippen LogP contribution is 2.28. The van der Waals surface area contributed by atoms with Crippen LogP contribution in [-0.4, -0.2) is 39.9 Å². The van der Waals surface area contributed by atoms with Crippen molar-refractivity contribution in [1.29, 1.82) is 0 Å². The Bertz CT molecular complexity index is 1410. The van der Waals surface area contributed by atoms with Crippen molar-refractivity contribution in [3.05, 3.63) is 96.2 Å². The van der Waals surface area contributed by atoms with E-state index in [9.17, 15) is 9.59 Å². The maximum Gasteiger partial charge on any atom is 0.246 e. The van der Waals surface area contributed by atoms with Gasteiger partial charge in [0.05, 0.1) is 12.8 Å². The summed E-state index contributed by atoms with van der Waals surface area (Å²) < 4.78 is 7.16. The molecule has 4 aromatic rings. The second-order valence-electron chi connectivity index (χ2n) is 10.1. The second kappa shape index (κ2) is 12.0. The van der Waals surface area contributed by atoms with Gasteiger partial charge in [0.1, 0.15) is 12.3 Å². The number of methoxy groups -OCH3 is 1. The van der Waals surface area contributed by atoms with Gasteiger partial charge in [-0.2, -0.15) is 0 Å². The third-order valence-electron chi connectivity index (χ3n) is 7.22. The molecule has 1 fully saturated rings. The number of nitrogens with zero attached hydrogens (tertiary/aromatic N) is 3. The van der Waals surface area contributed by atoms with Gasteiger partial charge >= 0.3 is 0 Å². The van der Waals surface area contributed by atoms with E-state index < -0.39 is 0 Å². The first-order chi connectivity index (χ1) is 19.0. The van der Waals surface area contributed by atoms with Crippen LogP contribution < -0.4 is 10.1 Å². The Kier molecular flexibility index (Phi) is 8.06. The van der Waals surface area contributed by atoms with Crippen LogP contribution in [0.4, 0.5) is 5.95 Å². The van der Waals surface area contributed by atoms with E-state index in [1.807, 2.05) is 96.6 Å². The molecule has 0 spiro atoms. The molecular weight excluding hydrogens is 488 g/mol. The molecule has 1 heterocycles. The Hall–Kier alpha value is -4.39. The maximum absolute atomic E-state index is 13.4. The fourth-order valence-corrected chi connectivity index (χ4v) is 5.06. The summed E-state index contributed by atoms with van der Waals surface area (Å²) in [6.07, 6.45) is 5.80. The van der Waals surface area contributed by atoms with Gasteiger partial charge in [0.15, 0.2) is 0 Å². The molecule has 0 bridgehead atoms. The van der Waals surface area contributed by atoms with Crippen LogP contribution in [0.15, 0.2) is 85.1 Å². The van der Waals surface area contributed by atoms with Crippen molar-refractivity contribution in [2.24, 2.45) is 5.92 Å². The van der Waals surface area contributed by atoms with Gasteiger partial charge in [0, 0.05) is 29.9 Å². The van der Waals surface area contributed by atoms with Gasteiger partial charge in [-0.05, 0) is 61.7 Å². The summed E-state index contributed by atoms with van der Waals surface area (Å²) in [6, 6.07) is 25.5. The molecule has 3 aromatic carbocycles. The highest BCUT2D eigenvalue weighted by molar-refractivity contribution is 5.94. The third-order valence-corrected chi connectivity index (χ3v) is 7.22. The molecule has 200 valence electrons. The Morgan fingerprint density at radius 3 is 2.33 bits per heavy atom. The van der Waals surface area contributed by atoms with Crippen molar-refractivity contribution in [2.75, 3.05) is 19.0 Å².